The fraction of sp³-hybridized carbons (Fsp3) is 1.00. The van der Waals surface area contributed by atoms with Gasteiger partial charge in [-0.25, -0.2) is 0 Å². The van der Waals surface area contributed by atoms with Crippen LogP contribution in [-0.2, 0) is 14.2 Å². The van der Waals surface area contributed by atoms with Gasteiger partial charge in [0, 0.05) is 0 Å². The average Bonchev–Trinajstić information content (AvgIpc) is 2.51. The van der Waals surface area contributed by atoms with E-state index in [9.17, 15) is 60.7 Å². The Labute approximate surface area is 144 Å². The summed E-state index contributed by atoms with van der Waals surface area (Å²) in [6.45, 7) is -5.63. The maximum atomic E-state index is 10.6. The van der Waals surface area contributed by atoms with Gasteiger partial charge in [0.1, 0.15) is 0 Å². The van der Waals surface area contributed by atoms with Crippen LogP contribution in [0, 0.1) is 60.7 Å². The normalized spacial score (nSPS) is 11.6. The number of hydrogen-bond donors (Lipinski definition) is 0. The summed E-state index contributed by atoms with van der Waals surface area (Å²) in [5.41, 5.74) is 0. The summed E-state index contributed by atoms with van der Waals surface area (Å²) in [6.07, 6.45) is 0. The van der Waals surface area contributed by atoms with Crippen LogP contribution < -0.4 is 0 Å². The number of ether oxygens (including phenoxy) is 3. The van der Waals surface area contributed by atoms with E-state index in [4.69, 9.17) is 0 Å². The van der Waals surface area contributed by atoms with E-state index in [1.807, 2.05) is 0 Å². The third kappa shape index (κ3) is 4.67. The molecule has 21 heteroatoms. The number of nitrogens with zero attached hydrogens (tertiary/aromatic N) is 6. The molecule has 152 valence electrons. The molecule has 0 amide bonds. The molecule has 0 aromatic heterocycles. The zero-order chi connectivity index (χ0) is 21.4. The molecule has 0 bridgehead atoms. The molecule has 0 aliphatic rings. The van der Waals surface area contributed by atoms with Gasteiger partial charge in [0.25, 0.3) is 13.2 Å². The first kappa shape index (κ1) is 23.3. The second-order valence-corrected chi connectivity index (χ2v) is 4.23. The van der Waals surface area contributed by atoms with Crippen molar-refractivity contribution < 1.29 is 43.8 Å². The zero-order valence-corrected chi connectivity index (χ0v) is 12.6. The summed E-state index contributed by atoms with van der Waals surface area (Å²) in [5.74, 6) is -7.86. The lowest BCUT2D eigenvalue weighted by Crippen LogP contribution is -2.57. The molecule has 0 unspecified atom stereocenters. The maximum Gasteiger partial charge on any atom is 0.723 e. The Morgan fingerprint density at radius 2 is 0.704 bits per heavy atom. The van der Waals surface area contributed by atoms with Gasteiger partial charge in [-0.1, -0.05) is 0 Å². The van der Waals surface area contributed by atoms with Crippen molar-refractivity contribution in [2.75, 3.05) is 26.8 Å². The van der Waals surface area contributed by atoms with E-state index in [1.165, 1.54) is 0 Å². The lowest BCUT2D eigenvalue weighted by Gasteiger charge is -2.11. The van der Waals surface area contributed by atoms with Crippen molar-refractivity contribution in [3.05, 3.63) is 60.7 Å². The Bertz CT molecular complexity index is 521. The van der Waals surface area contributed by atoms with Gasteiger partial charge in [0.2, 0.25) is 0 Å². The van der Waals surface area contributed by atoms with E-state index >= 15 is 0 Å². The van der Waals surface area contributed by atoms with Crippen molar-refractivity contribution >= 4 is 0 Å². The summed E-state index contributed by atoms with van der Waals surface area (Å²) in [7, 11) is 0. The Morgan fingerprint density at radius 3 is 0.889 bits per heavy atom. The zero-order valence-electron chi connectivity index (χ0n) is 12.6. The van der Waals surface area contributed by atoms with E-state index < -0.39 is 67.9 Å². The van der Waals surface area contributed by atoms with Crippen LogP contribution in [0.4, 0.5) is 0 Å². The van der Waals surface area contributed by atoms with Crippen LogP contribution in [0.2, 0.25) is 0 Å². The molecule has 27 heavy (non-hydrogen) atoms. The smallest absolute Gasteiger partial charge is 0.333 e. The molecule has 0 aliphatic carbocycles. The van der Waals surface area contributed by atoms with Crippen LogP contribution in [0.1, 0.15) is 0 Å². The van der Waals surface area contributed by atoms with Gasteiger partial charge in [0.05, 0.1) is 0 Å². The maximum absolute atomic E-state index is 10.6. The summed E-state index contributed by atoms with van der Waals surface area (Å²) >= 11 is 0. The first-order valence-corrected chi connectivity index (χ1v) is 5.97. The summed E-state index contributed by atoms with van der Waals surface area (Å²) in [4.78, 5) is 52.4. The number of hydrogen-bond acceptors (Lipinski definition) is 15. The van der Waals surface area contributed by atoms with Gasteiger partial charge in [-0.15, -0.1) is 0 Å². The molecule has 0 fully saturated rings. The quantitative estimate of drug-likeness (QED) is 0.130. The predicted octanol–water partition coefficient (Wildman–Crippen LogP) is -2.08. The Kier molecular flexibility index (Phi) is 7.85. The second-order valence-electron chi connectivity index (χ2n) is 4.23. The van der Waals surface area contributed by atoms with Crippen molar-refractivity contribution in [3.8, 4) is 0 Å². The van der Waals surface area contributed by atoms with E-state index in [-0.39, 0.29) is 0 Å². The topological polar surface area (TPSA) is 287 Å². The van der Waals surface area contributed by atoms with E-state index in [0.29, 0.717) is 0 Å². The molecule has 0 radical (unpaired) electrons. The van der Waals surface area contributed by atoms with Gasteiger partial charge in [-0.05, 0) is 0 Å². The highest BCUT2D eigenvalue weighted by Crippen LogP contribution is 2.14. The molecule has 0 aromatic rings. The fourth-order valence-electron chi connectivity index (χ4n) is 1.23. The molecule has 0 rings (SSSR count). The molecule has 0 N–H and O–H groups in total. The molecule has 0 spiro atoms. The van der Waals surface area contributed by atoms with Crippen molar-refractivity contribution in [2.45, 2.75) is 11.6 Å². The van der Waals surface area contributed by atoms with Crippen LogP contribution >= 0.6 is 0 Å². The minimum atomic E-state index is -3.93. The lowest BCUT2D eigenvalue weighted by molar-refractivity contribution is -0.970. The minimum Gasteiger partial charge on any atom is -0.333 e. The average molecular weight is 404 g/mol. The predicted molar refractivity (Wildman–Crippen MR) is 70.2 cm³/mol. The van der Waals surface area contributed by atoms with Crippen LogP contribution in [-0.4, -0.2) is 67.9 Å². The molecular weight excluding hydrogens is 396 g/mol. The highest BCUT2D eigenvalue weighted by molar-refractivity contribution is 4.52. The monoisotopic (exact) mass is 404 g/mol. The molecule has 0 heterocycles. The van der Waals surface area contributed by atoms with Gasteiger partial charge in [-0.2, -0.15) is 0 Å². The van der Waals surface area contributed by atoms with Gasteiger partial charge < -0.3 is 14.2 Å². The van der Waals surface area contributed by atoms with E-state index in [1.54, 1.807) is 0 Å². The summed E-state index contributed by atoms with van der Waals surface area (Å²) in [5, 5.41) is 63.3. The minimum absolute atomic E-state index is 1.13. The van der Waals surface area contributed by atoms with Crippen molar-refractivity contribution in [1.82, 2.24) is 0 Å². The summed E-state index contributed by atoms with van der Waals surface area (Å²) in [6, 6.07) is 0. The second kappa shape index (κ2) is 9.11. The molecular formula is C6H8N6O15. The molecule has 0 saturated heterocycles. The van der Waals surface area contributed by atoms with Crippen LogP contribution in [0.3, 0.4) is 0 Å². The fourth-order valence-corrected chi connectivity index (χ4v) is 1.23. The molecule has 21 nitrogen and oxygen atoms in total. The summed E-state index contributed by atoms with van der Waals surface area (Å²) < 4.78 is 12.8. The van der Waals surface area contributed by atoms with Crippen molar-refractivity contribution in [3.63, 3.8) is 0 Å². The SMILES string of the molecule is O=[N+]([O-])C(COCOCOCC([N+](=O)[O-])([N+](=O)[O-])[N+](=O)[O-])([N+](=O)[O-])[N+](=O)[O-]. The molecule has 0 aliphatic heterocycles. The van der Waals surface area contributed by atoms with Crippen molar-refractivity contribution in [1.29, 1.82) is 0 Å². The standard InChI is InChI=1S/C6H8N6O15/c13-7(14)5(8(15)16,9(17)18)1-25-3-27-4-26-2-6(10(19)20,11(21)22)12(23)24/h1-4H2. The van der Waals surface area contributed by atoms with Crippen LogP contribution in [0.5, 0.6) is 0 Å². The van der Waals surface area contributed by atoms with E-state index in [0.717, 1.165) is 0 Å². The van der Waals surface area contributed by atoms with Gasteiger partial charge >= 0.3 is 11.6 Å². The van der Waals surface area contributed by atoms with Gasteiger partial charge in [0.15, 0.2) is 43.1 Å². The first-order chi connectivity index (χ1) is 12.4. The third-order valence-corrected chi connectivity index (χ3v) is 2.68. The Morgan fingerprint density at radius 1 is 0.481 bits per heavy atom. The van der Waals surface area contributed by atoms with Gasteiger partial charge in [-0.3, -0.25) is 60.7 Å². The van der Waals surface area contributed by atoms with Crippen molar-refractivity contribution in [2.24, 2.45) is 0 Å². The lowest BCUT2D eigenvalue weighted by atomic mass is 10.4. The number of rotatable bonds is 14. The van der Waals surface area contributed by atoms with E-state index in [2.05, 4.69) is 14.2 Å². The largest absolute Gasteiger partial charge is 0.723 e. The molecule has 0 aromatic carbocycles. The van der Waals surface area contributed by atoms with Crippen LogP contribution in [0.15, 0.2) is 0 Å². The Hall–Kier alpha value is -3.72. The highest BCUT2D eigenvalue weighted by Gasteiger charge is 2.71. The number of nitro groups is 6. The molecule has 0 saturated carbocycles. The third-order valence-electron chi connectivity index (χ3n) is 2.68. The first-order valence-electron chi connectivity index (χ1n) is 5.97. The molecule has 0 atom stereocenters. The highest BCUT2D eigenvalue weighted by atomic mass is 16.8. The Balaban J connectivity index is 4.64. The van der Waals surface area contributed by atoms with Crippen LogP contribution in [0.25, 0.3) is 0 Å².